The first kappa shape index (κ1) is 12.4. The molecule has 94 valence electrons. The highest BCUT2D eigenvalue weighted by Crippen LogP contribution is 2.39. The van der Waals surface area contributed by atoms with Gasteiger partial charge in [0.1, 0.15) is 5.75 Å². The maximum absolute atomic E-state index is 6.43. The van der Waals surface area contributed by atoms with Crippen molar-refractivity contribution in [2.24, 2.45) is 11.7 Å². The molecule has 1 aromatic carbocycles. The topological polar surface area (TPSA) is 35.2 Å². The van der Waals surface area contributed by atoms with Gasteiger partial charge in [-0.1, -0.05) is 30.5 Å². The van der Waals surface area contributed by atoms with Crippen molar-refractivity contribution in [2.45, 2.75) is 45.6 Å². The summed E-state index contributed by atoms with van der Waals surface area (Å²) >= 11 is 0. The van der Waals surface area contributed by atoms with E-state index in [1.54, 1.807) is 7.11 Å². The molecule has 1 aliphatic carbocycles. The summed E-state index contributed by atoms with van der Waals surface area (Å²) in [4.78, 5) is 0. The fraction of sp³-hybridized carbons (Fsp3) is 0.600. The molecule has 1 fully saturated rings. The fourth-order valence-corrected chi connectivity index (χ4v) is 3.08. The molecule has 1 saturated carbocycles. The maximum atomic E-state index is 6.43. The van der Waals surface area contributed by atoms with Crippen LogP contribution in [0.1, 0.15) is 48.4 Å². The van der Waals surface area contributed by atoms with E-state index >= 15 is 0 Å². The summed E-state index contributed by atoms with van der Waals surface area (Å²) in [5.41, 5.74) is 10.1. The fourth-order valence-electron chi connectivity index (χ4n) is 3.08. The molecule has 1 atom stereocenters. The predicted molar refractivity (Wildman–Crippen MR) is 71.4 cm³/mol. The highest BCUT2D eigenvalue weighted by atomic mass is 16.5. The van der Waals surface area contributed by atoms with Gasteiger partial charge in [0, 0.05) is 11.6 Å². The number of hydrogen-bond acceptors (Lipinski definition) is 2. The van der Waals surface area contributed by atoms with E-state index in [1.165, 1.54) is 42.4 Å². The third kappa shape index (κ3) is 2.47. The van der Waals surface area contributed by atoms with Gasteiger partial charge in [-0.3, -0.25) is 0 Å². The van der Waals surface area contributed by atoms with Crippen LogP contribution in [0.3, 0.4) is 0 Å². The molecular weight excluding hydrogens is 210 g/mol. The molecule has 1 aliphatic rings. The Morgan fingerprint density at radius 1 is 1.24 bits per heavy atom. The van der Waals surface area contributed by atoms with Gasteiger partial charge in [0.05, 0.1) is 7.11 Å². The second-order valence-corrected chi connectivity index (χ2v) is 5.27. The van der Waals surface area contributed by atoms with E-state index in [0.29, 0.717) is 5.92 Å². The average Bonchev–Trinajstić information content (AvgIpc) is 2.80. The van der Waals surface area contributed by atoms with Crippen LogP contribution in [-0.2, 0) is 0 Å². The third-order valence-corrected chi connectivity index (χ3v) is 3.92. The summed E-state index contributed by atoms with van der Waals surface area (Å²) in [6.07, 6.45) is 5.17. The van der Waals surface area contributed by atoms with Crippen LogP contribution in [0.4, 0.5) is 0 Å². The molecule has 1 aromatic rings. The van der Waals surface area contributed by atoms with Crippen molar-refractivity contribution in [3.05, 3.63) is 28.8 Å². The normalized spacial score (nSPS) is 18.4. The van der Waals surface area contributed by atoms with Gasteiger partial charge < -0.3 is 10.5 Å². The average molecular weight is 233 g/mol. The predicted octanol–water partition coefficient (Wildman–Crippen LogP) is 3.50. The molecule has 0 saturated heterocycles. The zero-order valence-corrected chi connectivity index (χ0v) is 11.1. The molecule has 17 heavy (non-hydrogen) atoms. The van der Waals surface area contributed by atoms with E-state index in [9.17, 15) is 0 Å². The van der Waals surface area contributed by atoms with Crippen molar-refractivity contribution in [1.29, 1.82) is 0 Å². The Bertz CT molecular complexity index is 394. The Morgan fingerprint density at radius 3 is 2.47 bits per heavy atom. The molecule has 0 bridgehead atoms. The zero-order chi connectivity index (χ0) is 12.4. The standard InChI is InChI=1S/C15H23NO/c1-10-8-11(2)15(17-3)13(9-10)14(16)12-6-4-5-7-12/h8-9,12,14H,4-7,16H2,1-3H3. The summed E-state index contributed by atoms with van der Waals surface area (Å²) in [5, 5.41) is 0. The molecule has 2 heteroatoms. The third-order valence-electron chi connectivity index (χ3n) is 3.92. The van der Waals surface area contributed by atoms with E-state index in [0.717, 1.165) is 5.75 Å². The second kappa shape index (κ2) is 5.09. The molecule has 0 spiro atoms. The highest BCUT2D eigenvalue weighted by molar-refractivity contribution is 5.45. The number of nitrogens with two attached hydrogens (primary N) is 1. The van der Waals surface area contributed by atoms with Crippen LogP contribution >= 0.6 is 0 Å². The van der Waals surface area contributed by atoms with Gasteiger partial charge >= 0.3 is 0 Å². The first-order chi connectivity index (χ1) is 8.13. The molecule has 2 N–H and O–H groups in total. The summed E-state index contributed by atoms with van der Waals surface area (Å²) in [6.45, 7) is 4.22. The highest BCUT2D eigenvalue weighted by Gasteiger charge is 2.26. The number of methoxy groups -OCH3 is 1. The van der Waals surface area contributed by atoms with Crippen LogP contribution in [0, 0.1) is 19.8 Å². The number of rotatable bonds is 3. The van der Waals surface area contributed by atoms with E-state index in [4.69, 9.17) is 10.5 Å². The van der Waals surface area contributed by atoms with E-state index in [2.05, 4.69) is 26.0 Å². The van der Waals surface area contributed by atoms with Crippen molar-refractivity contribution in [3.63, 3.8) is 0 Å². The van der Waals surface area contributed by atoms with Crippen molar-refractivity contribution in [1.82, 2.24) is 0 Å². The lowest BCUT2D eigenvalue weighted by atomic mass is 9.90. The van der Waals surface area contributed by atoms with Gasteiger partial charge in [0.25, 0.3) is 0 Å². The minimum absolute atomic E-state index is 0.131. The van der Waals surface area contributed by atoms with Gasteiger partial charge in [-0.2, -0.15) is 0 Å². The van der Waals surface area contributed by atoms with Crippen molar-refractivity contribution in [2.75, 3.05) is 7.11 Å². The van der Waals surface area contributed by atoms with Crippen LogP contribution in [0.2, 0.25) is 0 Å². The minimum Gasteiger partial charge on any atom is -0.496 e. The molecular formula is C15H23NO. The molecule has 2 rings (SSSR count). The molecule has 0 amide bonds. The van der Waals surface area contributed by atoms with Crippen molar-refractivity contribution in [3.8, 4) is 5.75 Å². The van der Waals surface area contributed by atoms with Crippen LogP contribution in [0.5, 0.6) is 5.75 Å². The maximum Gasteiger partial charge on any atom is 0.126 e. The second-order valence-electron chi connectivity index (χ2n) is 5.27. The quantitative estimate of drug-likeness (QED) is 0.867. The molecule has 1 unspecified atom stereocenters. The largest absolute Gasteiger partial charge is 0.496 e. The Hall–Kier alpha value is -1.02. The van der Waals surface area contributed by atoms with E-state index in [-0.39, 0.29) is 6.04 Å². The first-order valence-electron chi connectivity index (χ1n) is 6.54. The zero-order valence-electron chi connectivity index (χ0n) is 11.1. The smallest absolute Gasteiger partial charge is 0.126 e. The molecule has 0 aliphatic heterocycles. The van der Waals surface area contributed by atoms with Crippen molar-refractivity contribution >= 4 is 0 Å². The van der Waals surface area contributed by atoms with Gasteiger partial charge in [-0.15, -0.1) is 0 Å². The van der Waals surface area contributed by atoms with Gasteiger partial charge in [0.15, 0.2) is 0 Å². The number of hydrogen-bond donors (Lipinski definition) is 1. The lowest BCUT2D eigenvalue weighted by Gasteiger charge is -2.23. The first-order valence-corrected chi connectivity index (χ1v) is 6.54. The minimum atomic E-state index is 0.131. The van der Waals surface area contributed by atoms with Gasteiger partial charge in [0.2, 0.25) is 0 Å². The summed E-state index contributed by atoms with van der Waals surface area (Å²) in [5.74, 6) is 1.61. The molecule has 2 nitrogen and oxygen atoms in total. The Labute approximate surface area is 104 Å². The summed E-state index contributed by atoms with van der Waals surface area (Å²) < 4.78 is 5.53. The molecule has 0 aromatic heterocycles. The van der Waals surface area contributed by atoms with E-state index in [1.807, 2.05) is 0 Å². The van der Waals surface area contributed by atoms with Crippen LogP contribution < -0.4 is 10.5 Å². The molecule has 0 radical (unpaired) electrons. The Balaban J connectivity index is 2.35. The summed E-state index contributed by atoms with van der Waals surface area (Å²) in [7, 11) is 1.74. The number of ether oxygens (including phenoxy) is 1. The number of aryl methyl sites for hydroxylation is 2. The SMILES string of the molecule is COc1c(C)cc(C)cc1C(N)C1CCCC1. The van der Waals surface area contributed by atoms with Crippen LogP contribution in [-0.4, -0.2) is 7.11 Å². The molecule has 0 heterocycles. The van der Waals surface area contributed by atoms with Gasteiger partial charge in [-0.05, 0) is 38.2 Å². The summed E-state index contributed by atoms with van der Waals surface area (Å²) in [6, 6.07) is 4.48. The van der Waals surface area contributed by atoms with E-state index < -0.39 is 0 Å². The Kier molecular flexibility index (Phi) is 3.72. The number of benzene rings is 1. The monoisotopic (exact) mass is 233 g/mol. The Morgan fingerprint density at radius 2 is 1.88 bits per heavy atom. The van der Waals surface area contributed by atoms with Crippen LogP contribution in [0.15, 0.2) is 12.1 Å². The van der Waals surface area contributed by atoms with Crippen LogP contribution in [0.25, 0.3) is 0 Å². The van der Waals surface area contributed by atoms with Gasteiger partial charge in [-0.25, -0.2) is 0 Å². The lowest BCUT2D eigenvalue weighted by molar-refractivity contribution is 0.382. The van der Waals surface area contributed by atoms with Crippen molar-refractivity contribution < 1.29 is 4.74 Å². The lowest BCUT2D eigenvalue weighted by Crippen LogP contribution is -2.20.